The predicted molar refractivity (Wildman–Crippen MR) is 270 cm³/mol. The van der Waals surface area contributed by atoms with Gasteiger partial charge in [0.15, 0.2) is 6.10 Å². The van der Waals surface area contributed by atoms with Crippen LogP contribution in [0, 0.1) is 0 Å². The Kier molecular flexibility index (Phi) is 48.9. The first-order valence-corrected chi connectivity index (χ1v) is 26.4. The fourth-order valence-electron chi connectivity index (χ4n) is 7.21. The van der Waals surface area contributed by atoms with Crippen molar-refractivity contribution < 1.29 is 28.6 Å². The van der Waals surface area contributed by atoms with Gasteiger partial charge in [-0.05, 0) is 83.5 Å². The summed E-state index contributed by atoms with van der Waals surface area (Å²) in [6.07, 6.45) is 64.7. The lowest BCUT2D eigenvalue weighted by Gasteiger charge is -2.18. The van der Waals surface area contributed by atoms with Crippen LogP contribution in [-0.2, 0) is 28.6 Å². The highest BCUT2D eigenvalue weighted by Crippen LogP contribution is 2.15. The highest BCUT2D eigenvalue weighted by molar-refractivity contribution is 5.71. The molecule has 0 aromatic rings. The van der Waals surface area contributed by atoms with Crippen LogP contribution in [0.2, 0.25) is 0 Å². The van der Waals surface area contributed by atoms with Crippen molar-refractivity contribution in [1.29, 1.82) is 0 Å². The van der Waals surface area contributed by atoms with E-state index >= 15 is 0 Å². The zero-order valence-corrected chi connectivity index (χ0v) is 41.3. The molecule has 6 nitrogen and oxygen atoms in total. The Hall–Kier alpha value is -3.15. The van der Waals surface area contributed by atoms with Crippen molar-refractivity contribution in [3.05, 3.63) is 72.9 Å². The van der Waals surface area contributed by atoms with Crippen molar-refractivity contribution in [2.75, 3.05) is 13.2 Å². The molecule has 0 bridgehead atoms. The van der Waals surface area contributed by atoms with Gasteiger partial charge >= 0.3 is 17.9 Å². The number of rotatable bonds is 47. The van der Waals surface area contributed by atoms with E-state index in [1.54, 1.807) is 0 Å². The van der Waals surface area contributed by atoms with Crippen LogP contribution in [0.25, 0.3) is 0 Å². The van der Waals surface area contributed by atoms with Crippen molar-refractivity contribution in [2.24, 2.45) is 0 Å². The second-order valence-corrected chi connectivity index (χ2v) is 17.4. The molecular weight excluding hydrogens is 781 g/mol. The third-order valence-corrected chi connectivity index (χ3v) is 11.2. The summed E-state index contributed by atoms with van der Waals surface area (Å²) in [6.45, 7) is 6.45. The van der Waals surface area contributed by atoms with Gasteiger partial charge in [-0.3, -0.25) is 14.4 Å². The third kappa shape index (κ3) is 49.7. The number of ether oxygens (including phenoxy) is 3. The summed E-state index contributed by atoms with van der Waals surface area (Å²) in [6, 6.07) is 0. The lowest BCUT2D eigenvalue weighted by molar-refractivity contribution is -0.167. The maximum Gasteiger partial charge on any atom is 0.306 e. The average Bonchev–Trinajstić information content (AvgIpc) is 3.28. The highest BCUT2D eigenvalue weighted by atomic mass is 16.6. The standard InChI is InChI=1S/C57H98O6/c1-4-7-10-13-16-19-21-22-23-24-25-26-27-28-29-30-31-32-33-34-36-38-41-44-47-50-56(59)62-53-54(52-61-55(58)49-46-43-40-37-18-15-12-9-6-3)63-57(60)51-48-45-42-39-35-20-17-14-11-8-5-2/h7,10,14,16-17,19,22-23,25-26,28-29,54H,4-6,8-9,11-13,15,18,20-21,24,27,30-53H2,1-3H3/b10-7-,17-14-,19-16-,23-22-,26-25-,29-28-. The van der Waals surface area contributed by atoms with Crippen molar-refractivity contribution in [2.45, 2.75) is 258 Å². The molecule has 0 N–H and O–H groups in total. The summed E-state index contributed by atoms with van der Waals surface area (Å²) < 4.78 is 16.7. The molecule has 0 spiro atoms. The largest absolute Gasteiger partial charge is 0.462 e. The van der Waals surface area contributed by atoms with Crippen molar-refractivity contribution in [1.82, 2.24) is 0 Å². The van der Waals surface area contributed by atoms with Gasteiger partial charge in [-0.15, -0.1) is 0 Å². The first kappa shape index (κ1) is 59.9. The first-order valence-electron chi connectivity index (χ1n) is 26.4. The minimum atomic E-state index is -0.778. The van der Waals surface area contributed by atoms with Crippen LogP contribution >= 0.6 is 0 Å². The van der Waals surface area contributed by atoms with Crippen LogP contribution in [0.5, 0.6) is 0 Å². The molecule has 0 aromatic heterocycles. The van der Waals surface area contributed by atoms with E-state index in [2.05, 4.69) is 93.7 Å². The van der Waals surface area contributed by atoms with E-state index in [0.29, 0.717) is 19.3 Å². The minimum Gasteiger partial charge on any atom is -0.462 e. The van der Waals surface area contributed by atoms with Gasteiger partial charge in [-0.25, -0.2) is 0 Å². The Labute approximate surface area is 389 Å². The number of unbranched alkanes of at least 4 members (excludes halogenated alkanes) is 24. The molecule has 0 aliphatic carbocycles. The molecule has 0 radical (unpaired) electrons. The molecule has 0 aromatic carbocycles. The molecule has 1 unspecified atom stereocenters. The topological polar surface area (TPSA) is 78.9 Å². The lowest BCUT2D eigenvalue weighted by Crippen LogP contribution is -2.30. The fraction of sp³-hybridized carbons (Fsp3) is 0.737. The zero-order chi connectivity index (χ0) is 45.8. The molecule has 0 fully saturated rings. The normalized spacial score (nSPS) is 12.6. The molecule has 0 saturated heterocycles. The van der Waals surface area contributed by atoms with Crippen LogP contribution in [-0.4, -0.2) is 37.2 Å². The van der Waals surface area contributed by atoms with Crippen molar-refractivity contribution >= 4 is 17.9 Å². The van der Waals surface area contributed by atoms with Gasteiger partial charge in [0.25, 0.3) is 0 Å². The lowest BCUT2D eigenvalue weighted by atomic mass is 10.1. The van der Waals surface area contributed by atoms with Gasteiger partial charge in [0.05, 0.1) is 0 Å². The van der Waals surface area contributed by atoms with E-state index in [1.165, 1.54) is 103 Å². The van der Waals surface area contributed by atoms with E-state index in [1.807, 2.05) is 0 Å². The summed E-state index contributed by atoms with van der Waals surface area (Å²) in [5.41, 5.74) is 0. The molecule has 0 amide bonds. The van der Waals surface area contributed by atoms with Crippen LogP contribution in [0.15, 0.2) is 72.9 Å². The average molecular weight is 879 g/mol. The number of hydrogen-bond acceptors (Lipinski definition) is 6. The molecule has 0 aliphatic heterocycles. The number of allylic oxidation sites excluding steroid dienone is 12. The Morgan fingerprint density at radius 3 is 1.03 bits per heavy atom. The minimum absolute atomic E-state index is 0.0789. The zero-order valence-electron chi connectivity index (χ0n) is 41.3. The Morgan fingerprint density at radius 1 is 0.333 bits per heavy atom. The maximum absolute atomic E-state index is 12.7. The molecule has 0 saturated carbocycles. The van der Waals surface area contributed by atoms with Crippen molar-refractivity contribution in [3.8, 4) is 0 Å². The number of esters is 3. The second kappa shape index (κ2) is 51.5. The van der Waals surface area contributed by atoms with E-state index in [0.717, 1.165) is 109 Å². The smallest absolute Gasteiger partial charge is 0.306 e. The summed E-state index contributed by atoms with van der Waals surface area (Å²) in [5, 5.41) is 0. The summed E-state index contributed by atoms with van der Waals surface area (Å²) in [5.74, 6) is -0.896. The molecule has 1 atom stereocenters. The number of carbonyl (C=O) groups excluding carboxylic acids is 3. The molecule has 6 heteroatoms. The van der Waals surface area contributed by atoms with Gasteiger partial charge in [0, 0.05) is 19.3 Å². The molecule has 0 heterocycles. The van der Waals surface area contributed by atoms with Gasteiger partial charge in [0.2, 0.25) is 0 Å². The quantitative estimate of drug-likeness (QED) is 0.0262. The SMILES string of the molecule is CC/C=C\C/C=C\C/C=C\C/C=C\C/C=C\CCCCCCCCCCCC(=O)OCC(COC(=O)CCCCCCCCCCC)OC(=O)CCCCCCC/C=C\CCCC. The van der Waals surface area contributed by atoms with Gasteiger partial charge in [-0.1, -0.05) is 222 Å². The van der Waals surface area contributed by atoms with E-state index < -0.39 is 6.10 Å². The van der Waals surface area contributed by atoms with E-state index in [9.17, 15) is 14.4 Å². The van der Waals surface area contributed by atoms with Crippen LogP contribution in [0.4, 0.5) is 0 Å². The van der Waals surface area contributed by atoms with E-state index in [4.69, 9.17) is 14.2 Å². The Balaban J connectivity index is 4.21. The second-order valence-electron chi connectivity index (χ2n) is 17.4. The van der Waals surface area contributed by atoms with Gasteiger partial charge < -0.3 is 14.2 Å². The van der Waals surface area contributed by atoms with Crippen LogP contribution in [0.3, 0.4) is 0 Å². The number of carbonyl (C=O) groups is 3. The van der Waals surface area contributed by atoms with Crippen LogP contribution < -0.4 is 0 Å². The van der Waals surface area contributed by atoms with E-state index in [-0.39, 0.29) is 31.1 Å². The summed E-state index contributed by atoms with van der Waals surface area (Å²) >= 11 is 0. The fourth-order valence-corrected chi connectivity index (χ4v) is 7.21. The molecule has 0 rings (SSSR count). The summed E-state index contributed by atoms with van der Waals surface area (Å²) in [4.78, 5) is 37.8. The Bertz CT molecular complexity index is 1190. The maximum atomic E-state index is 12.7. The molecule has 63 heavy (non-hydrogen) atoms. The summed E-state index contributed by atoms with van der Waals surface area (Å²) in [7, 11) is 0. The van der Waals surface area contributed by atoms with Gasteiger partial charge in [-0.2, -0.15) is 0 Å². The van der Waals surface area contributed by atoms with Crippen LogP contribution in [0.1, 0.15) is 252 Å². The molecule has 0 aliphatic rings. The van der Waals surface area contributed by atoms with Crippen molar-refractivity contribution in [3.63, 3.8) is 0 Å². The monoisotopic (exact) mass is 879 g/mol. The van der Waals surface area contributed by atoms with Gasteiger partial charge in [0.1, 0.15) is 13.2 Å². The third-order valence-electron chi connectivity index (χ3n) is 11.2. The predicted octanol–water partition coefficient (Wildman–Crippen LogP) is 17.4. The molecule has 362 valence electrons. The first-order chi connectivity index (χ1) is 31.0. The molecular formula is C57H98O6. The highest BCUT2D eigenvalue weighted by Gasteiger charge is 2.19. The number of hydrogen-bond donors (Lipinski definition) is 0. The Morgan fingerprint density at radius 2 is 0.635 bits per heavy atom.